The van der Waals surface area contributed by atoms with Crippen LogP contribution in [0.15, 0.2) is 35.1 Å². The second kappa shape index (κ2) is 4.36. The number of hydrogen-bond donors (Lipinski definition) is 2. The fourth-order valence-electron chi connectivity index (χ4n) is 1.83. The number of H-pyrrole nitrogens is 2. The summed E-state index contributed by atoms with van der Waals surface area (Å²) in [7, 11) is 1.61. The normalized spacial score (nSPS) is 10.8. The van der Waals surface area contributed by atoms with Gasteiger partial charge in [0.1, 0.15) is 11.3 Å². The van der Waals surface area contributed by atoms with E-state index in [9.17, 15) is 4.79 Å². The Bertz CT molecular complexity index is 798. The van der Waals surface area contributed by atoms with Crippen LogP contribution in [-0.2, 0) is 0 Å². The molecule has 0 aliphatic carbocycles. The minimum atomic E-state index is -0.263. The van der Waals surface area contributed by atoms with E-state index in [1.807, 2.05) is 24.3 Å². The van der Waals surface area contributed by atoms with Crippen LogP contribution in [0.4, 0.5) is 0 Å². The number of nitrogens with one attached hydrogen (secondary N) is 2. The van der Waals surface area contributed by atoms with Crippen molar-refractivity contribution < 1.29 is 4.74 Å². The number of aromatic amines is 2. The monoisotopic (exact) mass is 274 g/mol. The van der Waals surface area contributed by atoms with E-state index in [0.29, 0.717) is 16.0 Å². The number of nitrogens with zero attached hydrogens (tertiary/aromatic N) is 2. The maximum absolute atomic E-state index is 11.7. The van der Waals surface area contributed by atoms with Gasteiger partial charge in [0.15, 0.2) is 0 Å². The molecule has 0 spiro atoms. The molecule has 0 fully saturated rings. The highest BCUT2D eigenvalue weighted by Gasteiger charge is 2.08. The molecule has 0 amide bonds. The molecule has 2 heterocycles. The van der Waals surface area contributed by atoms with E-state index in [1.165, 1.54) is 4.52 Å². The SMILES string of the molecule is COc1ccc(-c2cc3c(=O)[nH][nH]c(=S)n3n2)cc1. The first-order valence-electron chi connectivity index (χ1n) is 5.54. The third kappa shape index (κ3) is 1.93. The number of ether oxygens (including phenoxy) is 1. The topological polar surface area (TPSA) is 75.2 Å². The summed E-state index contributed by atoms with van der Waals surface area (Å²) in [5.74, 6) is 0.766. The molecule has 7 heteroatoms. The lowest BCUT2D eigenvalue weighted by Gasteiger charge is -1.99. The molecule has 96 valence electrons. The Morgan fingerprint density at radius 1 is 1.26 bits per heavy atom. The van der Waals surface area contributed by atoms with Crippen LogP contribution in [0.25, 0.3) is 16.8 Å². The Kier molecular flexibility index (Phi) is 2.68. The molecule has 19 heavy (non-hydrogen) atoms. The number of benzene rings is 1. The van der Waals surface area contributed by atoms with Gasteiger partial charge in [0.25, 0.3) is 5.56 Å². The molecule has 0 saturated carbocycles. The van der Waals surface area contributed by atoms with Crippen molar-refractivity contribution in [1.29, 1.82) is 0 Å². The minimum absolute atomic E-state index is 0.263. The number of hydrogen-bond acceptors (Lipinski definition) is 4. The fourth-order valence-corrected chi connectivity index (χ4v) is 2.02. The van der Waals surface area contributed by atoms with Crippen molar-refractivity contribution in [3.05, 3.63) is 45.5 Å². The van der Waals surface area contributed by atoms with Crippen LogP contribution in [0.5, 0.6) is 5.75 Å². The molecule has 0 unspecified atom stereocenters. The fraction of sp³-hybridized carbons (Fsp3) is 0.0833. The summed E-state index contributed by atoms with van der Waals surface area (Å²) >= 11 is 5.07. The van der Waals surface area contributed by atoms with Gasteiger partial charge in [-0.15, -0.1) is 0 Å². The van der Waals surface area contributed by atoms with Crippen molar-refractivity contribution in [2.24, 2.45) is 0 Å². The highest BCUT2D eigenvalue weighted by Crippen LogP contribution is 2.21. The van der Waals surface area contributed by atoms with Crippen molar-refractivity contribution in [2.45, 2.75) is 0 Å². The Labute approximate surface area is 112 Å². The van der Waals surface area contributed by atoms with Gasteiger partial charge in [-0.1, -0.05) is 0 Å². The minimum Gasteiger partial charge on any atom is -0.497 e. The summed E-state index contributed by atoms with van der Waals surface area (Å²) < 4.78 is 6.85. The van der Waals surface area contributed by atoms with E-state index in [4.69, 9.17) is 17.0 Å². The zero-order valence-electron chi connectivity index (χ0n) is 10.0. The second-order valence-corrected chi connectivity index (χ2v) is 4.33. The Hall–Kier alpha value is -2.41. The standard InChI is InChI=1S/C12H10N4O2S/c1-18-8-4-2-7(3-5-8)9-6-10-11(17)13-14-12(19)16(10)15-9/h2-6H,1H3,(H,13,17)(H,14,19). The molecule has 0 aliphatic heterocycles. The van der Waals surface area contributed by atoms with E-state index in [2.05, 4.69) is 15.3 Å². The zero-order chi connectivity index (χ0) is 13.4. The van der Waals surface area contributed by atoms with Gasteiger partial charge in [-0.2, -0.15) is 9.61 Å². The molecule has 0 bridgehead atoms. The highest BCUT2D eigenvalue weighted by molar-refractivity contribution is 7.71. The first-order valence-corrected chi connectivity index (χ1v) is 5.95. The quantitative estimate of drug-likeness (QED) is 0.698. The average Bonchev–Trinajstić information content (AvgIpc) is 2.89. The Morgan fingerprint density at radius 3 is 2.63 bits per heavy atom. The van der Waals surface area contributed by atoms with Crippen LogP contribution < -0.4 is 10.3 Å². The molecule has 3 rings (SSSR count). The van der Waals surface area contributed by atoms with Gasteiger partial charge in [0.05, 0.1) is 12.8 Å². The molecule has 0 atom stereocenters. The van der Waals surface area contributed by atoms with E-state index in [1.54, 1.807) is 13.2 Å². The number of methoxy groups -OCH3 is 1. The highest BCUT2D eigenvalue weighted by atomic mass is 32.1. The number of aromatic nitrogens is 4. The van der Waals surface area contributed by atoms with Gasteiger partial charge < -0.3 is 4.74 Å². The second-order valence-electron chi connectivity index (χ2n) is 3.94. The van der Waals surface area contributed by atoms with Crippen molar-refractivity contribution in [3.63, 3.8) is 0 Å². The van der Waals surface area contributed by atoms with Crippen molar-refractivity contribution in [1.82, 2.24) is 19.8 Å². The molecule has 6 nitrogen and oxygen atoms in total. The largest absolute Gasteiger partial charge is 0.497 e. The van der Waals surface area contributed by atoms with Gasteiger partial charge in [-0.3, -0.25) is 15.0 Å². The predicted molar refractivity (Wildman–Crippen MR) is 73.0 cm³/mol. The Morgan fingerprint density at radius 2 is 2.00 bits per heavy atom. The maximum Gasteiger partial charge on any atom is 0.288 e. The van der Waals surface area contributed by atoms with Crippen LogP contribution in [-0.4, -0.2) is 26.9 Å². The molecule has 0 saturated heterocycles. The van der Waals surface area contributed by atoms with E-state index in [-0.39, 0.29) is 5.56 Å². The third-order valence-electron chi connectivity index (χ3n) is 2.80. The van der Waals surface area contributed by atoms with Gasteiger partial charge in [0, 0.05) is 5.56 Å². The lowest BCUT2D eigenvalue weighted by Crippen LogP contribution is -2.12. The summed E-state index contributed by atoms with van der Waals surface area (Å²) in [6.45, 7) is 0. The third-order valence-corrected chi connectivity index (χ3v) is 3.08. The molecule has 2 aromatic heterocycles. The molecule has 0 radical (unpaired) electrons. The average molecular weight is 274 g/mol. The molecule has 2 N–H and O–H groups in total. The summed E-state index contributed by atoms with van der Waals surface area (Å²) in [6.07, 6.45) is 0. The maximum atomic E-state index is 11.7. The Balaban J connectivity index is 2.20. The van der Waals surface area contributed by atoms with E-state index in [0.717, 1.165) is 11.3 Å². The summed E-state index contributed by atoms with van der Waals surface area (Å²) in [5, 5.41) is 9.36. The van der Waals surface area contributed by atoms with Crippen LogP contribution in [0.2, 0.25) is 0 Å². The lowest BCUT2D eigenvalue weighted by molar-refractivity contribution is 0.415. The van der Waals surface area contributed by atoms with Crippen molar-refractivity contribution >= 4 is 17.7 Å². The number of fused-ring (bicyclic) bond motifs is 1. The number of rotatable bonds is 2. The molecule has 3 aromatic rings. The van der Waals surface area contributed by atoms with Crippen molar-refractivity contribution in [3.8, 4) is 17.0 Å². The first kappa shape index (κ1) is 11.7. The predicted octanol–water partition coefficient (Wildman–Crippen LogP) is 1.76. The molecule has 0 aliphatic rings. The molecular weight excluding hydrogens is 264 g/mol. The lowest BCUT2D eigenvalue weighted by atomic mass is 10.1. The smallest absolute Gasteiger partial charge is 0.288 e. The van der Waals surface area contributed by atoms with Gasteiger partial charge in [0.2, 0.25) is 4.77 Å². The summed E-state index contributed by atoms with van der Waals surface area (Å²) in [5.41, 5.74) is 1.72. The van der Waals surface area contributed by atoms with Crippen LogP contribution >= 0.6 is 12.2 Å². The van der Waals surface area contributed by atoms with E-state index >= 15 is 0 Å². The molecular formula is C12H10N4O2S. The van der Waals surface area contributed by atoms with Crippen molar-refractivity contribution in [2.75, 3.05) is 7.11 Å². The van der Waals surface area contributed by atoms with Gasteiger partial charge >= 0.3 is 0 Å². The van der Waals surface area contributed by atoms with E-state index < -0.39 is 0 Å². The summed E-state index contributed by atoms with van der Waals surface area (Å²) in [4.78, 5) is 11.7. The van der Waals surface area contributed by atoms with Crippen LogP contribution in [0, 0.1) is 4.77 Å². The van der Waals surface area contributed by atoms with Crippen LogP contribution in [0.3, 0.4) is 0 Å². The van der Waals surface area contributed by atoms with Gasteiger partial charge in [-0.05, 0) is 42.5 Å². The first-order chi connectivity index (χ1) is 9.19. The summed E-state index contributed by atoms with van der Waals surface area (Å²) in [6, 6.07) is 9.13. The van der Waals surface area contributed by atoms with Crippen LogP contribution in [0.1, 0.15) is 0 Å². The zero-order valence-corrected chi connectivity index (χ0v) is 10.8. The molecule has 1 aromatic carbocycles. The van der Waals surface area contributed by atoms with Gasteiger partial charge in [-0.25, -0.2) is 0 Å².